The highest BCUT2D eigenvalue weighted by atomic mass is 35.5. The Kier molecular flexibility index (Phi) is 6.44. The first-order valence-corrected chi connectivity index (χ1v) is 4.70. The Morgan fingerprint density at radius 3 is 2.80 bits per heavy atom. The topological polar surface area (TPSA) is 24.9 Å². The number of aromatic nitrogens is 1. The molecule has 0 bridgehead atoms. The van der Waals surface area contributed by atoms with Crippen molar-refractivity contribution in [3.8, 4) is 0 Å². The van der Waals surface area contributed by atoms with Gasteiger partial charge in [0.25, 0.3) is 0 Å². The van der Waals surface area contributed by atoms with E-state index in [9.17, 15) is 4.39 Å². The first-order valence-electron chi connectivity index (χ1n) is 4.32. The molecule has 1 aliphatic rings. The summed E-state index contributed by atoms with van der Waals surface area (Å²) < 4.78 is 13.4. The lowest BCUT2D eigenvalue weighted by molar-refractivity contribution is 0.541. The van der Waals surface area contributed by atoms with Crippen LogP contribution in [-0.4, -0.2) is 11.5 Å². The average Bonchev–Trinajstić information content (AvgIpc) is 2.62. The standard InChI is InChI=1S/C9H10ClFN2.2ClH/c10-6-3-5-13-9(8(6)11)7-2-1-4-12-7;;/h3,5,7,12H,1-2,4H2;2*1H. The Balaban J connectivity index is 0.000000980. The van der Waals surface area contributed by atoms with Crippen LogP contribution in [0, 0.1) is 5.82 Å². The summed E-state index contributed by atoms with van der Waals surface area (Å²) in [7, 11) is 0. The minimum Gasteiger partial charge on any atom is -0.309 e. The summed E-state index contributed by atoms with van der Waals surface area (Å²) in [5.41, 5.74) is 0.449. The fourth-order valence-corrected chi connectivity index (χ4v) is 1.75. The van der Waals surface area contributed by atoms with Gasteiger partial charge in [-0.2, -0.15) is 0 Å². The zero-order chi connectivity index (χ0) is 9.26. The molecule has 0 radical (unpaired) electrons. The number of rotatable bonds is 1. The zero-order valence-electron chi connectivity index (χ0n) is 7.87. The summed E-state index contributed by atoms with van der Waals surface area (Å²) in [6.45, 7) is 0.929. The van der Waals surface area contributed by atoms with Crippen molar-refractivity contribution in [1.29, 1.82) is 0 Å². The van der Waals surface area contributed by atoms with Gasteiger partial charge < -0.3 is 5.32 Å². The van der Waals surface area contributed by atoms with E-state index in [2.05, 4.69) is 10.3 Å². The number of nitrogens with zero attached hydrogens (tertiary/aromatic N) is 1. The molecule has 0 aliphatic carbocycles. The fourth-order valence-electron chi connectivity index (χ4n) is 1.60. The van der Waals surface area contributed by atoms with Crippen LogP contribution in [-0.2, 0) is 0 Å². The first kappa shape index (κ1) is 14.9. The Bertz CT molecular complexity index is 316. The molecular formula is C9H12Cl3FN2. The van der Waals surface area contributed by atoms with E-state index in [0.717, 1.165) is 19.4 Å². The van der Waals surface area contributed by atoms with E-state index in [1.54, 1.807) is 6.20 Å². The van der Waals surface area contributed by atoms with E-state index >= 15 is 0 Å². The summed E-state index contributed by atoms with van der Waals surface area (Å²) in [5, 5.41) is 3.33. The van der Waals surface area contributed by atoms with Crippen molar-refractivity contribution in [3.63, 3.8) is 0 Å². The number of halogens is 4. The van der Waals surface area contributed by atoms with Gasteiger partial charge in [-0.1, -0.05) is 11.6 Å². The molecule has 0 spiro atoms. The van der Waals surface area contributed by atoms with Crippen LogP contribution in [0.3, 0.4) is 0 Å². The quantitative estimate of drug-likeness (QED) is 0.850. The molecule has 86 valence electrons. The van der Waals surface area contributed by atoms with Gasteiger partial charge in [-0.25, -0.2) is 4.39 Å². The van der Waals surface area contributed by atoms with Gasteiger partial charge in [-0.05, 0) is 25.5 Å². The molecule has 1 fully saturated rings. The second-order valence-electron chi connectivity index (χ2n) is 3.14. The maximum absolute atomic E-state index is 13.4. The second-order valence-corrected chi connectivity index (χ2v) is 3.55. The third-order valence-corrected chi connectivity index (χ3v) is 2.55. The van der Waals surface area contributed by atoms with Crippen LogP contribution >= 0.6 is 36.4 Å². The van der Waals surface area contributed by atoms with Crippen molar-refractivity contribution in [1.82, 2.24) is 10.3 Å². The molecular weight excluding hydrogens is 261 g/mol. The predicted molar refractivity (Wildman–Crippen MR) is 63.7 cm³/mol. The molecule has 15 heavy (non-hydrogen) atoms. The molecule has 1 N–H and O–H groups in total. The van der Waals surface area contributed by atoms with Crippen molar-refractivity contribution < 1.29 is 4.39 Å². The van der Waals surface area contributed by atoms with E-state index in [4.69, 9.17) is 11.6 Å². The summed E-state index contributed by atoms with van der Waals surface area (Å²) in [4.78, 5) is 4.00. The highest BCUT2D eigenvalue weighted by Crippen LogP contribution is 2.26. The monoisotopic (exact) mass is 272 g/mol. The van der Waals surface area contributed by atoms with Gasteiger partial charge in [0.05, 0.1) is 16.8 Å². The fraction of sp³-hybridized carbons (Fsp3) is 0.444. The van der Waals surface area contributed by atoms with E-state index in [1.165, 1.54) is 6.07 Å². The van der Waals surface area contributed by atoms with Gasteiger partial charge in [0.15, 0.2) is 5.82 Å². The molecule has 0 aromatic carbocycles. The molecule has 1 aliphatic heterocycles. The van der Waals surface area contributed by atoms with Gasteiger partial charge in [-0.3, -0.25) is 4.98 Å². The van der Waals surface area contributed by atoms with Crippen LogP contribution in [0.5, 0.6) is 0 Å². The minimum atomic E-state index is -0.386. The number of nitrogens with one attached hydrogen (secondary N) is 1. The van der Waals surface area contributed by atoms with Crippen LogP contribution in [0.4, 0.5) is 4.39 Å². The van der Waals surface area contributed by atoms with E-state index in [-0.39, 0.29) is 41.7 Å². The molecule has 2 nitrogen and oxygen atoms in total. The van der Waals surface area contributed by atoms with Crippen molar-refractivity contribution in [3.05, 3.63) is 28.8 Å². The molecule has 2 rings (SSSR count). The van der Waals surface area contributed by atoms with Crippen molar-refractivity contribution in [2.24, 2.45) is 0 Å². The minimum absolute atomic E-state index is 0. The molecule has 6 heteroatoms. The van der Waals surface area contributed by atoms with Crippen LogP contribution < -0.4 is 5.32 Å². The molecule has 2 heterocycles. The van der Waals surface area contributed by atoms with E-state index in [1.807, 2.05) is 0 Å². The molecule has 1 aromatic rings. The lowest BCUT2D eigenvalue weighted by Gasteiger charge is -2.10. The van der Waals surface area contributed by atoms with Gasteiger partial charge in [0.2, 0.25) is 0 Å². The second kappa shape index (κ2) is 6.48. The number of hydrogen-bond acceptors (Lipinski definition) is 2. The highest BCUT2D eigenvalue weighted by molar-refractivity contribution is 6.30. The van der Waals surface area contributed by atoms with Crippen molar-refractivity contribution in [2.45, 2.75) is 18.9 Å². The van der Waals surface area contributed by atoms with Crippen LogP contribution in [0.15, 0.2) is 12.3 Å². The maximum Gasteiger partial charge on any atom is 0.164 e. The van der Waals surface area contributed by atoms with Gasteiger partial charge in [0, 0.05) is 6.20 Å². The summed E-state index contributed by atoms with van der Waals surface area (Å²) in [5.74, 6) is -0.386. The van der Waals surface area contributed by atoms with Crippen LogP contribution in [0.25, 0.3) is 0 Å². The van der Waals surface area contributed by atoms with Crippen molar-refractivity contribution >= 4 is 36.4 Å². The molecule has 0 saturated carbocycles. The Morgan fingerprint density at radius 1 is 1.47 bits per heavy atom. The van der Waals surface area contributed by atoms with Crippen molar-refractivity contribution in [2.75, 3.05) is 6.54 Å². The summed E-state index contributed by atoms with van der Waals surface area (Å²) >= 11 is 5.65. The molecule has 1 saturated heterocycles. The lowest BCUT2D eigenvalue weighted by Crippen LogP contribution is -2.15. The SMILES string of the molecule is Cl.Cl.Fc1c(Cl)ccnc1C1CCCN1. The van der Waals surface area contributed by atoms with E-state index in [0.29, 0.717) is 5.69 Å². The third kappa shape index (κ3) is 3.18. The summed E-state index contributed by atoms with van der Waals surface area (Å²) in [6.07, 6.45) is 3.54. The Labute approximate surface area is 105 Å². The molecule has 1 aromatic heterocycles. The smallest absolute Gasteiger partial charge is 0.164 e. The zero-order valence-corrected chi connectivity index (χ0v) is 10.3. The van der Waals surface area contributed by atoms with Gasteiger partial charge in [0.1, 0.15) is 0 Å². The number of hydrogen-bond donors (Lipinski definition) is 1. The third-order valence-electron chi connectivity index (χ3n) is 2.26. The normalized spacial score (nSPS) is 19.2. The Hall–Kier alpha value is -0.0900. The van der Waals surface area contributed by atoms with Gasteiger partial charge >= 0.3 is 0 Å². The molecule has 1 unspecified atom stereocenters. The van der Waals surface area contributed by atoms with Crippen LogP contribution in [0.1, 0.15) is 24.6 Å². The van der Waals surface area contributed by atoms with Crippen LogP contribution in [0.2, 0.25) is 5.02 Å². The highest BCUT2D eigenvalue weighted by Gasteiger charge is 2.21. The Morgan fingerprint density at radius 2 is 2.20 bits per heavy atom. The molecule has 1 atom stereocenters. The lowest BCUT2D eigenvalue weighted by atomic mass is 10.1. The maximum atomic E-state index is 13.4. The molecule has 0 amide bonds. The van der Waals surface area contributed by atoms with E-state index < -0.39 is 0 Å². The van der Waals surface area contributed by atoms with Gasteiger partial charge in [-0.15, -0.1) is 24.8 Å². The predicted octanol–water partition coefficient (Wildman–Crippen LogP) is 3.14. The number of pyridine rings is 1. The first-order chi connectivity index (χ1) is 6.29. The summed E-state index contributed by atoms with van der Waals surface area (Å²) in [6, 6.07) is 1.51. The largest absolute Gasteiger partial charge is 0.309 e. The average molecular weight is 274 g/mol.